The van der Waals surface area contributed by atoms with E-state index in [1.54, 1.807) is 6.92 Å². The highest BCUT2D eigenvalue weighted by molar-refractivity contribution is 7.91. The average molecular weight is 253 g/mol. The van der Waals surface area contributed by atoms with Crippen molar-refractivity contribution in [3.63, 3.8) is 0 Å². The lowest BCUT2D eigenvalue weighted by Crippen LogP contribution is -2.12. The number of rotatable bonds is 2. The second-order valence-corrected chi connectivity index (χ2v) is 5.82. The molecule has 1 N–H and O–H groups in total. The Balaban J connectivity index is 2.80. The number of fused-ring (bicyclic) bond motifs is 1. The van der Waals surface area contributed by atoms with Gasteiger partial charge in [0.15, 0.2) is 14.9 Å². The molecule has 90 valence electrons. The molecular formula is C10H11N3O3S. The normalized spacial score (nSPS) is 11.9. The number of hydrogen-bond donors (Lipinski definition) is 1. The summed E-state index contributed by atoms with van der Waals surface area (Å²) in [7, 11) is -3.41. The number of sulfone groups is 1. The van der Waals surface area contributed by atoms with Crippen LogP contribution in [0.25, 0.3) is 10.9 Å². The molecule has 0 amide bonds. The van der Waals surface area contributed by atoms with E-state index in [1.807, 2.05) is 0 Å². The minimum atomic E-state index is -3.41. The van der Waals surface area contributed by atoms with Gasteiger partial charge in [0, 0.05) is 0 Å². The van der Waals surface area contributed by atoms with Gasteiger partial charge >= 0.3 is 0 Å². The summed E-state index contributed by atoms with van der Waals surface area (Å²) >= 11 is 0. The first-order valence-corrected chi connectivity index (χ1v) is 6.68. The maximum Gasteiger partial charge on any atom is 0.258 e. The maximum absolute atomic E-state index is 11.6. The second kappa shape index (κ2) is 3.92. The SMILES string of the molecule is CCS(=O)(=O)c1cc2c(=O)[nH]c(C)nc2cn1. The Bertz CT molecular complexity index is 734. The number of aryl methyl sites for hydroxylation is 1. The van der Waals surface area contributed by atoms with E-state index in [2.05, 4.69) is 15.0 Å². The van der Waals surface area contributed by atoms with Crippen LogP contribution in [0.15, 0.2) is 22.1 Å². The van der Waals surface area contributed by atoms with Gasteiger partial charge in [0.2, 0.25) is 0 Å². The number of hydrogen-bond acceptors (Lipinski definition) is 5. The molecule has 2 aromatic rings. The van der Waals surface area contributed by atoms with Crippen molar-refractivity contribution in [2.75, 3.05) is 5.75 Å². The Morgan fingerprint density at radius 2 is 2.12 bits per heavy atom. The fourth-order valence-electron chi connectivity index (χ4n) is 1.46. The first-order valence-electron chi connectivity index (χ1n) is 5.03. The Morgan fingerprint density at radius 1 is 1.41 bits per heavy atom. The summed E-state index contributed by atoms with van der Waals surface area (Å²) in [6.07, 6.45) is 1.31. The van der Waals surface area contributed by atoms with Gasteiger partial charge in [-0.05, 0) is 13.0 Å². The molecule has 0 fully saturated rings. The Labute approximate surface area is 97.7 Å². The number of nitrogens with one attached hydrogen (secondary N) is 1. The van der Waals surface area contributed by atoms with E-state index in [4.69, 9.17) is 0 Å². The zero-order chi connectivity index (χ0) is 12.6. The van der Waals surface area contributed by atoms with E-state index >= 15 is 0 Å². The molecule has 0 bridgehead atoms. The van der Waals surface area contributed by atoms with Crippen molar-refractivity contribution in [1.29, 1.82) is 0 Å². The smallest absolute Gasteiger partial charge is 0.258 e. The van der Waals surface area contributed by atoms with Crippen LogP contribution in [-0.4, -0.2) is 29.1 Å². The van der Waals surface area contributed by atoms with Crippen molar-refractivity contribution < 1.29 is 8.42 Å². The highest BCUT2D eigenvalue weighted by Crippen LogP contribution is 2.12. The molecule has 2 aromatic heterocycles. The van der Waals surface area contributed by atoms with E-state index in [-0.39, 0.29) is 21.7 Å². The molecule has 0 aliphatic rings. The van der Waals surface area contributed by atoms with E-state index in [9.17, 15) is 13.2 Å². The largest absolute Gasteiger partial charge is 0.310 e. The standard InChI is InChI=1S/C10H11N3O3S/c1-3-17(15,16)9-4-7-8(5-11-9)12-6(2)13-10(7)14/h4-5H,3H2,1-2H3,(H,12,13,14). The molecule has 0 atom stereocenters. The summed E-state index contributed by atoms with van der Waals surface area (Å²) in [6.45, 7) is 3.18. The van der Waals surface area contributed by atoms with Crippen LogP contribution >= 0.6 is 0 Å². The van der Waals surface area contributed by atoms with E-state index in [1.165, 1.54) is 19.2 Å². The van der Waals surface area contributed by atoms with Gasteiger partial charge in [-0.15, -0.1) is 0 Å². The van der Waals surface area contributed by atoms with Gasteiger partial charge in [-0.3, -0.25) is 4.79 Å². The fourth-order valence-corrected chi connectivity index (χ4v) is 2.26. The summed E-state index contributed by atoms with van der Waals surface area (Å²) < 4.78 is 23.3. The van der Waals surface area contributed by atoms with Gasteiger partial charge < -0.3 is 4.98 Å². The van der Waals surface area contributed by atoms with Gasteiger partial charge in [-0.1, -0.05) is 6.92 Å². The van der Waals surface area contributed by atoms with Gasteiger partial charge in [-0.25, -0.2) is 18.4 Å². The minimum absolute atomic E-state index is 0.0529. The van der Waals surface area contributed by atoms with Gasteiger partial charge in [0.25, 0.3) is 5.56 Å². The van der Waals surface area contributed by atoms with Crippen molar-refractivity contribution in [1.82, 2.24) is 15.0 Å². The van der Waals surface area contributed by atoms with E-state index in [0.717, 1.165) is 0 Å². The first-order chi connectivity index (χ1) is 7.94. The third-order valence-electron chi connectivity index (χ3n) is 2.38. The lowest BCUT2D eigenvalue weighted by molar-refractivity contribution is 0.594. The lowest BCUT2D eigenvalue weighted by atomic mass is 10.3. The molecule has 6 nitrogen and oxygen atoms in total. The minimum Gasteiger partial charge on any atom is -0.310 e. The predicted molar refractivity (Wildman–Crippen MR) is 62.6 cm³/mol. The Hall–Kier alpha value is -1.76. The van der Waals surface area contributed by atoms with Crippen LogP contribution in [0.2, 0.25) is 0 Å². The molecule has 0 aliphatic heterocycles. The number of aromatic amines is 1. The molecule has 2 rings (SSSR count). The number of pyridine rings is 1. The molecule has 0 aromatic carbocycles. The summed E-state index contributed by atoms with van der Waals surface area (Å²) in [5.74, 6) is 0.415. The van der Waals surface area contributed by atoms with Crippen LogP contribution in [0.1, 0.15) is 12.7 Å². The van der Waals surface area contributed by atoms with Crippen LogP contribution in [-0.2, 0) is 9.84 Å². The zero-order valence-electron chi connectivity index (χ0n) is 9.39. The molecule has 0 unspecified atom stereocenters. The summed E-state index contributed by atoms with van der Waals surface area (Å²) in [6, 6.07) is 1.26. The monoisotopic (exact) mass is 253 g/mol. The third kappa shape index (κ3) is 2.05. The molecule has 2 heterocycles. The number of aromatic nitrogens is 3. The maximum atomic E-state index is 11.6. The van der Waals surface area contributed by atoms with Gasteiger partial charge in [0.05, 0.1) is 22.9 Å². The molecular weight excluding hydrogens is 242 g/mol. The van der Waals surface area contributed by atoms with Crippen LogP contribution in [0.5, 0.6) is 0 Å². The van der Waals surface area contributed by atoms with Crippen molar-refractivity contribution in [2.24, 2.45) is 0 Å². The zero-order valence-corrected chi connectivity index (χ0v) is 10.2. The Morgan fingerprint density at radius 3 is 2.76 bits per heavy atom. The summed E-state index contributed by atoms with van der Waals surface area (Å²) in [5, 5.41) is 0.140. The van der Waals surface area contributed by atoms with Crippen LogP contribution in [0, 0.1) is 6.92 Å². The predicted octanol–water partition coefficient (Wildman–Crippen LogP) is 0.420. The molecule has 7 heteroatoms. The molecule has 0 saturated heterocycles. The van der Waals surface area contributed by atoms with Crippen LogP contribution in [0.4, 0.5) is 0 Å². The summed E-state index contributed by atoms with van der Waals surface area (Å²) in [4.78, 5) is 22.1. The van der Waals surface area contributed by atoms with Crippen molar-refractivity contribution >= 4 is 20.7 Å². The van der Waals surface area contributed by atoms with Crippen molar-refractivity contribution in [3.05, 3.63) is 28.4 Å². The number of nitrogens with zero attached hydrogens (tertiary/aromatic N) is 2. The Kier molecular flexibility index (Phi) is 2.70. The number of H-pyrrole nitrogens is 1. The van der Waals surface area contributed by atoms with Gasteiger partial charge in [-0.2, -0.15) is 0 Å². The van der Waals surface area contributed by atoms with E-state index in [0.29, 0.717) is 11.3 Å². The van der Waals surface area contributed by atoms with Crippen LogP contribution < -0.4 is 5.56 Å². The van der Waals surface area contributed by atoms with E-state index < -0.39 is 9.84 Å². The van der Waals surface area contributed by atoms with Crippen molar-refractivity contribution in [3.8, 4) is 0 Å². The summed E-state index contributed by atoms with van der Waals surface area (Å²) in [5.41, 5.74) is 0.0313. The molecule has 0 radical (unpaired) electrons. The quantitative estimate of drug-likeness (QED) is 0.837. The highest BCUT2D eigenvalue weighted by Gasteiger charge is 2.15. The topological polar surface area (TPSA) is 92.8 Å². The fraction of sp³-hybridized carbons (Fsp3) is 0.300. The van der Waals surface area contributed by atoms with Gasteiger partial charge in [0.1, 0.15) is 5.82 Å². The van der Waals surface area contributed by atoms with Crippen molar-refractivity contribution in [2.45, 2.75) is 18.9 Å². The molecule has 0 aliphatic carbocycles. The highest BCUT2D eigenvalue weighted by atomic mass is 32.2. The van der Waals surface area contributed by atoms with Crippen LogP contribution in [0.3, 0.4) is 0 Å². The molecule has 0 saturated carbocycles. The average Bonchev–Trinajstić information content (AvgIpc) is 2.28. The second-order valence-electron chi connectivity index (χ2n) is 3.59. The lowest BCUT2D eigenvalue weighted by Gasteiger charge is -2.02. The molecule has 0 spiro atoms. The molecule has 17 heavy (non-hydrogen) atoms. The third-order valence-corrected chi connectivity index (χ3v) is 4.00. The first kappa shape index (κ1) is 11.7.